The third-order valence-corrected chi connectivity index (χ3v) is 2.75. The molecule has 0 aliphatic heterocycles. The van der Waals surface area contributed by atoms with Gasteiger partial charge in [0.2, 0.25) is 0 Å². The maximum atomic E-state index is 11.4. The molecule has 6 nitrogen and oxygen atoms in total. The molecule has 6 heteroatoms. The van der Waals surface area contributed by atoms with Crippen molar-refractivity contribution in [3.05, 3.63) is 29.6 Å². The molecule has 0 saturated heterocycles. The lowest BCUT2D eigenvalue weighted by molar-refractivity contribution is 0.0690. The minimum atomic E-state index is -1.06. The molecular formula is C12H15N3O3. The number of aromatic nitrogens is 1. The summed E-state index contributed by atoms with van der Waals surface area (Å²) in [5.74, 6) is -0.413. The zero-order chi connectivity index (χ0) is 13.0. The molecule has 0 atom stereocenters. The number of pyridine rings is 1. The van der Waals surface area contributed by atoms with Crippen LogP contribution in [0.4, 0.5) is 4.79 Å². The second kappa shape index (κ2) is 5.48. The van der Waals surface area contributed by atoms with Gasteiger partial charge in [-0.15, -0.1) is 0 Å². The normalized spacial score (nSPS) is 14.0. The fourth-order valence-electron chi connectivity index (χ4n) is 1.46. The lowest BCUT2D eigenvalue weighted by atomic mass is 10.2. The van der Waals surface area contributed by atoms with Gasteiger partial charge in [-0.05, 0) is 30.4 Å². The molecule has 1 aliphatic carbocycles. The van der Waals surface area contributed by atoms with E-state index in [0.29, 0.717) is 12.5 Å². The number of carbonyl (C=O) groups is 2. The second-order valence-corrected chi connectivity index (χ2v) is 4.36. The van der Waals surface area contributed by atoms with Gasteiger partial charge in [0.05, 0.1) is 0 Å². The molecule has 2 amide bonds. The van der Waals surface area contributed by atoms with E-state index in [-0.39, 0.29) is 11.7 Å². The predicted octanol–water partition coefficient (Wildman–Crippen LogP) is 0.989. The first-order valence-electron chi connectivity index (χ1n) is 5.85. The van der Waals surface area contributed by atoms with Gasteiger partial charge in [-0.1, -0.05) is 6.07 Å². The fourth-order valence-corrected chi connectivity index (χ4v) is 1.46. The molecule has 0 spiro atoms. The monoisotopic (exact) mass is 249 g/mol. The first kappa shape index (κ1) is 12.3. The summed E-state index contributed by atoms with van der Waals surface area (Å²) < 4.78 is 0. The molecule has 1 saturated carbocycles. The summed E-state index contributed by atoms with van der Waals surface area (Å²) in [5.41, 5.74) is 0.763. The zero-order valence-electron chi connectivity index (χ0n) is 9.85. The number of aromatic carboxylic acids is 1. The number of carboxylic acids is 1. The van der Waals surface area contributed by atoms with Gasteiger partial charge in [0, 0.05) is 19.3 Å². The van der Waals surface area contributed by atoms with Crippen LogP contribution in [0.1, 0.15) is 28.9 Å². The lowest BCUT2D eigenvalue weighted by Gasteiger charge is -2.06. The van der Waals surface area contributed by atoms with Crippen LogP contribution in [-0.2, 0) is 6.54 Å². The van der Waals surface area contributed by atoms with Crippen molar-refractivity contribution in [2.75, 3.05) is 6.54 Å². The minimum absolute atomic E-state index is 0.00284. The molecule has 1 fully saturated rings. The smallest absolute Gasteiger partial charge is 0.354 e. The van der Waals surface area contributed by atoms with Crippen LogP contribution >= 0.6 is 0 Å². The quantitative estimate of drug-likeness (QED) is 0.725. The van der Waals surface area contributed by atoms with Gasteiger partial charge < -0.3 is 15.7 Å². The summed E-state index contributed by atoms with van der Waals surface area (Å²) in [6.07, 6.45) is 3.84. The zero-order valence-corrected chi connectivity index (χ0v) is 9.85. The summed E-state index contributed by atoms with van der Waals surface area (Å²) in [6, 6.07) is 2.85. The molecule has 1 heterocycles. The van der Waals surface area contributed by atoms with E-state index >= 15 is 0 Å². The molecule has 1 aromatic rings. The maximum Gasteiger partial charge on any atom is 0.354 e. The number of carboxylic acid groups (broad SMARTS) is 1. The van der Waals surface area contributed by atoms with Gasteiger partial charge in [-0.3, -0.25) is 0 Å². The van der Waals surface area contributed by atoms with E-state index in [1.165, 1.54) is 25.1 Å². The van der Waals surface area contributed by atoms with Crippen LogP contribution < -0.4 is 10.6 Å². The highest BCUT2D eigenvalue weighted by Crippen LogP contribution is 2.27. The van der Waals surface area contributed by atoms with Crippen molar-refractivity contribution in [1.29, 1.82) is 0 Å². The summed E-state index contributed by atoms with van der Waals surface area (Å²) in [7, 11) is 0. The molecule has 3 N–H and O–H groups in total. The number of hydrogen-bond acceptors (Lipinski definition) is 3. The van der Waals surface area contributed by atoms with Gasteiger partial charge in [-0.25, -0.2) is 14.6 Å². The van der Waals surface area contributed by atoms with Crippen molar-refractivity contribution in [2.24, 2.45) is 5.92 Å². The number of nitrogens with one attached hydrogen (secondary N) is 2. The van der Waals surface area contributed by atoms with Crippen LogP contribution in [0.2, 0.25) is 0 Å². The molecule has 1 aliphatic rings. The Bertz CT molecular complexity index is 440. The van der Waals surface area contributed by atoms with E-state index in [1.807, 2.05) is 0 Å². The molecule has 96 valence electrons. The van der Waals surface area contributed by atoms with Crippen LogP contribution in [0.15, 0.2) is 18.3 Å². The number of hydrogen-bond donors (Lipinski definition) is 3. The molecule has 18 heavy (non-hydrogen) atoms. The highest BCUT2D eigenvalue weighted by atomic mass is 16.4. The molecule has 0 radical (unpaired) electrons. The molecule has 2 rings (SSSR count). The van der Waals surface area contributed by atoms with E-state index in [4.69, 9.17) is 5.11 Å². The molecule has 1 aromatic heterocycles. The van der Waals surface area contributed by atoms with Gasteiger partial charge in [0.25, 0.3) is 0 Å². The average molecular weight is 249 g/mol. The summed E-state index contributed by atoms with van der Waals surface area (Å²) in [6.45, 7) is 1.06. The van der Waals surface area contributed by atoms with Crippen molar-refractivity contribution in [3.63, 3.8) is 0 Å². The molecule has 0 unspecified atom stereocenters. The van der Waals surface area contributed by atoms with Crippen molar-refractivity contribution < 1.29 is 14.7 Å². The largest absolute Gasteiger partial charge is 0.477 e. The van der Waals surface area contributed by atoms with E-state index < -0.39 is 5.97 Å². The van der Waals surface area contributed by atoms with Gasteiger partial charge in [0.15, 0.2) is 0 Å². The van der Waals surface area contributed by atoms with Crippen molar-refractivity contribution in [1.82, 2.24) is 15.6 Å². The highest BCUT2D eigenvalue weighted by molar-refractivity contribution is 5.85. The van der Waals surface area contributed by atoms with Crippen molar-refractivity contribution >= 4 is 12.0 Å². The molecule has 0 aromatic carbocycles. The SMILES string of the molecule is O=C(NCc1ccc(C(=O)O)nc1)NCC1CC1. The minimum Gasteiger partial charge on any atom is -0.477 e. The fraction of sp³-hybridized carbons (Fsp3) is 0.417. The van der Waals surface area contributed by atoms with E-state index in [1.54, 1.807) is 6.07 Å². The number of rotatable bonds is 5. The van der Waals surface area contributed by atoms with Gasteiger partial charge in [-0.2, -0.15) is 0 Å². The Morgan fingerprint density at radius 2 is 2.11 bits per heavy atom. The van der Waals surface area contributed by atoms with E-state index in [0.717, 1.165) is 12.1 Å². The Morgan fingerprint density at radius 1 is 1.33 bits per heavy atom. The van der Waals surface area contributed by atoms with Crippen LogP contribution in [-0.4, -0.2) is 28.6 Å². The van der Waals surface area contributed by atoms with E-state index in [9.17, 15) is 9.59 Å². The number of nitrogens with zero attached hydrogens (tertiary/aromatic N) is 1. The number of amides is 2. The summed E-state index contributed by atoms with van der Waals surface area (Å²) >= 11 is 0. The van der Waals surface area contributed by atoms with Crippen LogP contribution in [0.3, 0.4) is 0 Å². The van der Waals surface area contributed by atoms with Crippen LogP contribution in [0, 0.1) is 5.92 Å². The number of carbonyl (C=O) groups excluding carboxylic acids is 1. The summed E-state index contributed by atoms with van der Waals surface area (Å²) in [4.78, 5) is 25.7. The first-order chi connectivity index (χ1) is 8.65. The first-order valence-corrected chi connectivity index (χ1v) is 5.85. The highest BCUT2D eigenvalue weighted by Gasteiger charge is 2.21. The Labute approximate surface area is 104 Å². The maximum absolute atomic E-state index is 11.4. The van der Waals surface area contributed by atoms with Crippen molar-refractivity contribution in [2.45, 2.75) is 19.4 Å². The van der Waals surface area contributed by atoms with Gasteiger partial charge >= 0.3 is 12.0 Å². The third-order valence-electron chi connectivity index (χ3n) is 2.75. The van der Waals surface area contributed by atoms with Crippen molar-refractivity contribution in [3.8, 4) is 0 Å². The predicted molar refractivity (Wildman–Crippen MR) is 64.2 cm³/mol. The topological polar surface area (TPSA) is 91.3 Å². The number of urea groups is 1. The van der Waals surface area contributed by atoms with Crippen LogP contribution in [0.5, 0.6) is 0 Å². The molecule has 0 bridgehead atoms. The Balaban J connectivity index is 1.74. The second-order valence-electron chi connectivity index (χ2n) is 4.36. The average Bonchev–Trinajstić information content (AvgIpc) is 3.18. The lowest BCUT2D eigenvalue weighted by Crippen LogP contribution is -2.36. The van der Waals surface area contributed by atoms with E-state index in [2.05, 4.69) is 15.6 Å². The standard InChI is InChI=1S/C12H15N3O3/c16-11(17)10-4-3-9(6-13-10)7-15-12(18)14-5-8-1-2-8/h3-4,6,8H,1-2,5,7H2,(H,16,17)(H2,14,15,18). The Morgan fingerprint density at radius 3 is 2.67 bits per heavy atom. The van der Waals surface area contributed by atoms with Crippen LogP contribution in [0.25, 0.3) is 0 Å². The van der Waals surface area contributed by atoms with Gasteiger partial charge in [0.1, 0.15) is 5.69 Å². The molecular weight excluding hydrogens is 234 g/mol. The summed E-state index contributed by atoms with van der Waals surface area (Å²) in [5, 5.41) is 14.2. The third kappa shape index (κ3) is 3.73. The Hall–Kier alpha value is -2.11. The Kier molecular flexibility index (Phi) is 3.76.